The van der Waals surface area contributed by atoms with Gasteiger partial charge in [-0.1, -0.05) is 36.2 Å². The van der Waals surface area contributed by atoms with Gasteiger partial charge >= 0.3 is 0 Å². The first kappa shape index (κ1) is 18.1. The number of nitrogens with two attached hydrogens (primary N) is 1. The zero-order valence-corrected chi connectivity index (χ0v) is 16.1. The van der Waals surface area contributed by atoms with E-state index >= 15 is 0 Å². The molecular formula is C17H18Cl2N6O2. The fraction of sp³-hybridized carbons (Fsp3) is 0.353. The third-order valence-corrected chi connectivity index (χ3v) is 5.66. The highest BCUT2D eigenvalue weighted by Crippen LogP contribution is 2.35. The number of anilines is 1. The Balaban J connectivity index is 1.68. The molecule has 0 saturated carbocycles. The molecule has 0 radical (unpaired) electrons. The van der Waals surface area contributed by atoms with Gasteiger partial charge in [-0.25, -0.2) is 5.10 Å². The molecule has 0 bridgehead atoms. The Morgan fingerprint density at radius 2 is 2.22 bits per heavy atom. The Kier molecular flexibility index (Phi) is 4.49. The molecule has 0 spiro atoms. The Labute approximate surface area is 164 Å². The lowest BCUT2D eigenvalue weighted by atomic mass is 9.90. The monoisotopic (exact) mass is 408 g/mol. The van der Waals surface area contributed by atoms with Crippen LogP contribution in [0.1, 0.15) is 13.3 Å². The lowest BCUT2D eigenvalue weighted by Gasteiger charge is -2.22. The van der Waals surface area contributed by atoms with Gasteiger partial charge in [-0.2, -0.15) is 10.1 Å². The molecule has 4 rings (SSSR count). The minimum atomic E-state index is -0.349. The molecule has 3 heterocycles. The summed E-state index contributed by atoms with van der Waals surface area (Å²) in [6, 6.07) is 4.99. The van der Waals surface area contributed by atoms with E-state index in [1.165, 1.54) is 0 Å². The van der Waals surface area contributed by atoms with Gasteiger partial charge in [0.25, 0.3) is 5.56 Å². The first-order valence-corrected chi connectivity index (χ1v) is 9.21. The predicted molar refractivity (Wildman–Crippen MR) is 105 cm³/mol. The van der Waals surface area contributed by atoms with Gasteiger partial charge in [-0.05, 0) is 30.5 Å². The second-order valence-corrected chi connectivity index (χ2v) is 7.77. The van der Waals surface area contributed by atoms with Gasteiger partial charge < -0.3 is 15.4 Å². The van der Waals surface area contributed by atoms with Crippen LogP contribution in [-0.2, 0) is 0 Å². The summed E-state index contributed by atoms with van der Waals surface area (Å²) < 4.78 is 5.72. The van der Waals surface area contributed by atoms with Gasteiger partial charge in [0.1, 0.15) is 16.2 Å². The van der Waals surface area contributed by atoms with E-state index in [2.05, 4.69) is 27.1 Å². The van der Waals surface area contributed by atoms with E-state index < -0.39 is 0 Å². The Morgan fingerprint density at radius 3 is 2.96 bits per heavy atom. The molecule has 1 aliphatic heterocycles. The van der Waals surface area contributed by atoms with Crippen molar-refractivity contribution in [3.05, 3.63) is 38.6 Å². The fourth-order valence-electron chi connectivity index (χ4n) is 3.16. The summed E-state index contributed by atoms with van der Waals surface area (Å²) in [5.41, 5.74) is 5.78. The average Bonchev–Trinajstić information content (AvgIpc) is 3.24. The second kappa shape index (κ2) is 6.70. The van der Waals surface area contributed by atoms with Crippen molar-refractivity contribution < 1.29 is 4.74 Å². The molecule has 1 atom stereocenters. The maximum atomic E-state index is 12.7. The van der Waals surface area contributed by atoms with Crippen molar-refractivity contribution in [2.75, 3.05) is 24.5 Å². The highest BCUT2D eigenvalue weighted by atomic mass is 35.5. The van der Waals surface area contributed by atoms with E-state index in [1.807, 2.05) is 4.90 Å². The SMILES string of the molecule is CC1(CN)CCN(c2nc3n[nH]c(Oc4cccc(Cl)c4Cl)c3c(=O)[nH]2)C1. The molecule has 1 saturated heterocycles. The van der Waals surface area contributed by atoms with Crippen LogP contribution in [0.15, 0.2) is 23.0 Å². The Hall–Kier alpha value is -2.29. The van der Waals surface area contributed by atoms with Crippen LogP contribution in [0.5, 0.6) is 11.6 Å². The number of hydrogen-bond acceptors (Lipinski definition) is 6. The first-order chi connectivity index (χ1) is 12.9. The van der Waals surface area contributed by atoms with Crippen LogP contribution in [-0.4, -0.2) is 39.8 Å². The number of nitrogens with zero attached hydrogens (tertiary/aromatic N) is 3. The van der Waals surface area contributed by atoms with Gasteiger partial charge in [0, 0.05) is 13.1 Å². The summed E-state index contributed by atoms with van der Waals surface area (Å²) in [5.74, 6) is 0.947. The molecule has 3 aromatic rings. The van der Waals surface area contributed by atoms with Gasteiger partial charge in [-0.3, -0.25) is 9.78 Å². The smallest absolute Gasteiger partial charge is 0.267 e. The molecule has 10 heteroatoms. The standard InChI is InChI=1S/C17H18Cl2N6O2/c1-17(7-20)5-6-25(8-17)16-21-13-11(14(26)22-16)15(24-23-13)27-10-4-2-3-9(18)12(10)19/h2-4H,5-8,20H2,1H3,(H2,21,22,23,24,26). The van der Waals surface area contributed by atoms with Crippen LogP contribution in [0.4, 0.5) is 5.95 Å². The van der Waals surface area contributed by atoms with Crippen molar-refractivity contribution in [1.29, 1.82) is 0 Å². The van der Waals surface area contributed by atoms with Crippen LogP contribution in [0.2, 0.25) is 10.0 Å². The molecule has 0 aliphatic carbocycles. The minimum absolute atomic E-state index is 0.0106. The third-order valence-electron chi connectivity index (χ3n) is 4.86. The number of hydrogen-bond donors (Lipinski definition) is 3. The third kappa shape index (κ3) is 3.24. The summed E-state index contributed by atoms with van der Waals surface area (Å²) in [5, 5.41) is 7.63. The van der Waals surface area contributed by atoms with E-state index in [0.717, 1.165) is 19.5 Å². The van der Waals surface area contributed by atoms with Crippen LogP contribution < -0.4 is 20.9 Å². The zero-order valence-electron chi connectivity index (χ0n) is 14.6. The summed E-state index contributed by atoms with van der Waals surface area (Å²) in [6.07, 6.45) is 0.938. The quantitative estimate of drug-likeness (QED) is 0.611. The molecule has 8 nitrogen and oxygen atoms in total. The lowest BCUT2D eigenvalue weighted by molar-refractivity contribution is 0.383. The maximum absolute atomic E-state index is 12.7. The van der Waals surface area contributed by atoms with Gasteiger partial charge in [-0.15, -0.1) is 0 Å². The van der Waals surface area contributed by atoms with Gasteiger partial charge in [0.05, 0.1) is 5.02 Å². The number of rotatable bonds is 4. The van der Waals surface area contributed by atoms with E-state index in [-0.39, 0.29) is 32.9 Å². The van der Waals surface area contributed by atoms with Gasteiger partial charge in [0.15, 0.2) is 5.65 Å². The molecule has 27 heavy (non-hydrogen) atoms. The highest BCUT2D eigenvalue weighted by molar-refractivity contribution is 6.42. The lowest BCUT2D eigenvalue weighted by Crippen LogP contribution is -2.32. The summed E-state index contributed by atoms with van der Waals surface area (Å²) in [7, 11) is 0. The number of fused-ring (bicyclic) bond motifs is 1. The number of ether oxygens (including phenoxy) is 1. The fourth-order valence-corrected chi connectivity index (χ4v) is 3.49. The molecule has 1 fully saturated rings. The minimum Gasteiger partial charge on any atom is -0.437 e. The molecule has 1 aliphatic rings. The molecule has 1 unspecified atom stereocenters. The van der Waals surface area contributed by atoms with Crippen molar-refractivity contribution in [1.82, 2.24) is 20.2 Å². The van der Waals surface area contributed by atoms with Gasteiger partial charge in [0.2, 0.25) is 11.8 Å². The Morgan fingerprint density at radius 1 is 1.41 bits per heavy atom. The first-order valence-electron chi connectivity index (χ1n) is 8.45. The zero-order chi connectivity index (χ0) is 19.2. The maximum Gasteiger partial charge on any atom is 0.267 e. The molecule has 4 N–H and O–H groups in total. The van der Waals surface area contributed by atoms with Crippen molar-refractivity contribution in [3.8, 4) is 11.6 Å². The number of benzene rings is 1. The van der Waals surface area contributed by atoms with Crippen LogP contribution in [0.25, 0.3) is 11.0 Å². The van der Waals surface area contributed by atoms with Crippen molar-refractivity contribution >= 4 is 40.2 Å². The molecular weight excluding hydrogens is 391 g/mol. The highest BCUT2D eigenvalue weighted by Gasteiger charge is 2.34. The number of aromatic nitrogens is 4. The topological polar surface area (TPSA) is 113 Å². The van der Waals surface area contributed by atoms with E-state index in [4.69, 9.17) is 33.7 Å². The van der Waals surface area contributed by atoms with Crippen LogP contribution in [0, 0.1) is 5.41 Å². The predicted octanol–water partition coefficient (Wildman–Crippen LogP) is 2.92. The van der Waals surface area contributed by atoms with Crippen LogP contribution >= 0.6 is 23.2 Å². The van der Waals surface area contributed by atoms with Crippen molar-refractivity contribution in [2.24, 2.45) is 11.1 Å². The largest absolute Gasteiger partial charge is 0.437 e. The molecule has 142 valence electrons. The number of H-pyrrole nitrogens is 2. The molecule has 1 aromatic carbocycles. The van der Waals surface area contributed by atoms with Crippen molar-refractivity contribution in [3.63, 3.8) is 0 Å². The summed E-state index contributed by atoms with van der Waals surface area (Å²) in [6.45, 7) is 4.20. The van der Waals surface area contributed by atoms with E-state index in [9.17, 15) is 4.79 Å². The second-order valence-electron chi connectivity index (χ2n) is 6.98. The Bertz CT molecular complexity index is 1070. The number of aromatic amines is 2. The number of halogens is 2. The summed E-state index contributed by atoms with van der Waals surface area (Å²) >= 11 is 12.1. The van der Waals surface area contributed by atoms with E-state index in [1.54, 1.807) is 18.2 Å². The average molecular weight is 409 g/mol. The summed E-state index contributed by atoms with van der Waals surface area (Å²) in [4.78, 5) is 22.0. The molecule has 2 aromatic heterocycles. The van der Waals surface area contributed by atoms with Crippen molar-refractivity contribution in [2.45, 2.75) is 13.3 Å². The van der Waals surface area contributed by atoms with Crippen LogP contribution in [0.3, 0.4) is 0 Å². The number of nitrogens with one attached hydrogen (secondary N) is 2. The van der Waals surface area contributed by atoms with E-state index in [0.29, 0.717) is 23.3 Å². The molecule has 0 amide bonds. The normalized spacial score (nSPS) is 19.8.